The van der Waals surface area contributed by atoms with E-state index in [2.05, 4.69) is 20.9 Å². The van der Waals surface area contributed by atoms with Gasteiger partial charge < -0.3 is 0 Å². The van der Waals surface area contributed by atoms with Gasteiger partial charge in [-0.05, 0) is 28.1 Å². The van der Waals surface area contributed by atoms with Crippen LogP contribution in [0.1, 0.15) is 4.88 Å². The molecule has 0 aliphatic carbocycles. The molecule has 0 saturated heterocycles. The van der Waals surface area contributed by atoms with Gasteiger partial charge in [0.2, 0.25) is 0 Å². The van der Waals surface area contributed by atoms with E-state index in [9.17, 15) is 4.79 Å². The second kappa shape index (κ2) is 4.87. The molecule has 0 atom stereocenters. The number of halogens is 3. The van der Waals surface area contributed by atoms with Crippen LogP contribution in [0.15, 0.2) is 27.0 Å². The summed E-state index contributed by atoms with van der Waals surface area (Å²) >= 11 is 16.3. The summed E-state index contributed by atoms with van der Waals surface area (Å²) in [5.41, 5.74) is -0.328. The summed E-state index contributed by atoms with van der Waals surface area (Å²) in [5.74, 6) is 0. The van der Waals surface area contributed by atoms with Gasteiger partial charge in [0.05, 0.1) is 16.7 Å². The summed E-state index contributed by atoms with van der Waals surface area (Å²) in [6.45, 7) is 0.443. The van der Waals surface area contributed by atoms with Gasteiger partial charge >= 0.3 is 0 Å². The van der Waals surface area contributed by atoms with E-state index in [0.29, 0.717) is 6.54 Å². The summed E-state index contributed by atoms with van der Waals surface area (Å²) in [4.78, 5) is 16.6. The first-order valence-electron chi connectivity index (χ1n) is 4.22. The van der Waals surface area contributed by atoms with Crippen LogP contribution in [0.2, 0.25) is 10.2 Å². The third-order valence-corrected chi connectivity index (χ3v) is 4.23. The number of hydrogen-bond acceptors (Lipinski definition) is 3. The fraction of sp³-hybridized carbons (Fsp3) is 0.111. The predicted molar refractivity (Wildman–Crippen MR) is 69.6 cm³/mol. The van der Waals surface area contributed by atoms with Crippen LogP contribution in [-0.2, 0) is 6.54 Å². The lowest BCUT2D eigenvalue weighted by Crippen LogP contribution is -2.21. The van der Waals surface area contributed by atoms with Crippen LogP contribution >= 0.6 is 50.5 Å². The number of nitrogens with zero attached hydrogens (tertiary/aromatic N) is 2. The van der Waals surface area contributed by atoms with Gasteiger partial charge in [-0.2, -0.15) is 0 Å². The third kappa shape index (κ3) is 2.48. The predicted octanol–water partition coefficient (Wildman–Crippen LogP) is 3.42. The van der Waals surface area contributed by atoms with E-state index >= 15 is 0 Å². The quantitative estimate of drug-likeness (QED) is 0.786. The number of rotatable bonds is 2. The first kappa shape index (κ1) is 12.1. The zero-order chi connectivity index (χ0) is 11.7. The highest BCUT2D eigenvalue weighted by Crippen LogP contribution is 2.22. The molecule has 2 aromatic heterocycles. The average Bonchev–Trinajstić information content (AvgIpc) is 2.65. The summed E-state index contributed by atoms with van der Waals surface area (Å²) in [7, 11) is 0. The van der Waals surface area contributed by atoms with E-state index in [1.165, 1.54) is 10.9 Å². The van der Waals surface area contributed by atoms with Crippen molar-refractivity contribution in [3.8, 4) is 0 Å². The topological polar surface area (TPSA) is 34.9 Å². The van der Waals surface area contributed by atoms with Crippen molar-refractivity contribution in [1.29, 1.82) is 0 Å². The molecule has 3 nitrogen and oxygen atoms in total. The molecule has 0 N–H and O–H groups in total. The molecule has 0 aliphatic rings. The molecular weight excluding hydrogens is 335 g/mol. The number of hydrogen-bond donors (Lipinski definition) is 0. The Morgan fingerprint density at radius 1 is 1.44 bits per heavy atom. The molecule has 0 aromatic carbocycles. The van der Waals surface area contributed by atoms with Gasteiger partial charge in [-0.1, -0.05) is 23.2 Å². The van der Waals surface area contributed by atoms with Crippen molar-refractivity contribution >= 4 is 50.5 Å². The molecule has 2 rings (SSSR count). The van der Waals surface area contributed by atoms with Gasteiger partial charge in [-0.15, -0.1) is 11.3 Å². The van der Waals surface area contributed by atoms with E-state index in [4.69, 9.17) is 23.2 Å². The molecule has 0 amide bonds. The maximum absolute atomic E-state index is 11.7. The molecule has 0 unspecified atom stereocenters. The van der Waals surface area contributed by atoms with Crippen LogP contribution in [0.5, 0.6) is 0 Å². The molecule has 0 spiro atoms. The van der Waals surface area contributed by atoms with E-state index in [-0.39, 0.29) is 15.7 Å². The van der Waals surface area contributed by atoms with Gasteiger partial charge in [0, 0.05) is 4.88 Å². The monoisotopic (exact) mass is 338 g/mol. The average molecular weight is 340 g/mol. The van der Waals surface area contributed by atoms with Gasteiger partial charge in [0.1, 0.15) is 5.02 Å². The maximum Gasteiger partial charge on any atom is 0.274 e. The fourth-order valence-electron chi connectivity index (χ4n) is 1.16. The highest BCUT2D eigenvalue weighted by atomic mass is 79.9. The minimum atomic E-state index is -0.328. The lowest BCUT2D eigenvalue weighted by Gasteiger charge is -2.03. The van der Waals surface area contributed by atoms with Gasteiger partial charge in [0.25, 0.3) is 5.56 Å². The molecule has 84 valence electrons. The summed E-state index contributed by atoms with van der Waals surface area (Å²) in [6.07, 6.45) is 1.39. The van der Waals surface area contributed by atoms with Crippen molar-refractivity contribution in [3.63, 3.8) is 0 Å². The van der Waals surface area contributed by atoms with E-state index in [0.717, 1.165) is 8.66 Å². The summed E-state index contributed by atoms with van der Waals surface area (Å²) < 4.78 is 2.44. The molecule has 0 saturated carbocycles. The lowest BCUT2D eigenvalue weighted by molar-refractivity contribution is 0.745. The van der Waals surface area contributed by atoms with Crippen molar-refractivity contribution in [1.82, 2.24) is 9.55 Å². The van der Waals surface area contributed by atoms with Crippen LogP contribution in [0.3, 0.4) is 0 Å². The Morgan fingerprint density at radius 3 is 2.81 bits per heavy atom. The van der Waals surface area contributed by atoms with Crippen molar-refractivity contribution in [3.05, 3.63) is 47.7 Å². The van der Waals surface area contributed by atoms with Crippen molar-refractivity contribution in [2.45, 2.75) is 6.54 Å². The molecule has 0 radical (unpaired) electrons. The van der Waals surface area contributed by atoms with E-state index in [1.807, 2.05) is 12.1 Å². The van der Waals surface area contributed by atoms with Crippen molar-refractivity contribution in [2.24, 2.45) is 0 Å². The first-order valence-corrected chi connectivity index (χ1v) is 6.59. The SMILES string of the molecule is O=c1c(Cl)c(Cl)ncn1Cc1ccc(Br)s1. The van der Waals surface area contributed by atoms with Crippen LogP contribution < -0.4 is 5.56 Å². The Labute approximate surface area is 114 Å². The number of thiophene rings is 1. The van der Waals surface area contributed by atoms with Crippen LogP contribution in [-0.4, -0.2) is 9.55 Å². The standard InChI is InChI=1S/C9H5BrCl2N2OS/c10-6-2-1-5(16-6)3-14-4-13-8(12)7(11)9(14)15/h1-2,4H,3H2. The van der Waals surface area contributed by atoms with Gasteiger partial charge in [-0.3, -0.25) is 9.36 Å². The van der Waals surface area contributed by atoms with Gasteiger partial charge in [0.15, 0.2) is 5.15 Å². The minimum absolute atomic E-state index is 0.0373. The smallest absolute Gasteiger partial charge is 0.274 e. The molecular formula is C9H5BrCl2N2OS. The molecule has 2 aromatic rings. The zero-order valence-electron chi connectivity index (χ0n) is 7.78. The second-order valence-corrected chi connectivity index (χ2v) is 6.27. The van der Waals surface area contributed by atoms with E-state index < -0.39 is 0 Å². The maximum atomic E-state index is 11.7. The highest BCUT2D eigenvalue weighted by molar-refractivity contribution is 9.11. The molecule has 7 heteroatoms. The highest BCUT2D eigenvalue weighted by Gasteiger charge is 2.08. The van der Waals surface area contributed by atoms with Crippen molar-refractivity contribution in [2.75, 3.05) is 0 Å². The Bertz CT molecular complexity index is 581. The third-order valence-electron chi connectivity index (χ3n) is 1.90. The largest absolute Gasteiger partial charge is 0.293 e. The lowest BCUT2D eigenvalue weighted by atomic mass is 10.4. The first-order chi connectivity index (χ1) is 7.58. The second-order valence-electron chi connectivity index (χ2n) is 2.99. The normalized spacial score (nSPS) is 10.7. The number of aromatic nitrogens is 2. The Hall–Kier alpha value is -0.360. The van der Waals surface area contributed by atoms with Crippen LogP contribution in [0.4, 0.5) is 0 Å². The van der Waals surface area contributed by atoms with Crippen LogP contribution in [0.25, 0.3) is 0 Å². The van der Waals surface area contributed by atoms with E-state index in [1.54, 1.807) is 11.3 Å². The van der Waals surface area contributed by atoms with Crippen LogP contribution in [0, 0.1) is 0 Å². The molecule has 16 heavy (non-hydrogen) atoms. The fourth-order valence-corrected chi connectivity index (χ4v) is 2.93. The van der Waals surface area contributed by atoms with Crippen molar-refractivity contribution < 1.29 is 0 Å². The minimum Gasteiger partial charge on any atom is -0.293 e. The Balaban J connectivity index is 2.36. The molecule has 0 aliphatic heterocycles. The summed E-state index contributed by atoms with van der Waals surface area (Å²) in [6, 6.07) is 3.86. The zero-order valence-corrected chi connectivity index (χ0v) is 11.7. The summed E-state index contributed by atoms with van der Waals surface area (Å²) in [5, 5.41) is -0.00457. The molecule has 2 heterocycles. The Kier molecular flexibility index (Phi) is 3.69. The molecule has 0 fully saturated rings. The van der Waals surface area contributed by atoms with Gasteiger partial charge in [-0.25, -0.2) is 4.98 Å². The Morgan fingerprint density at radius 2 is 2.19 bits per heavy atom. The molecule has 0 bridgehead atoms.